The van der Waals surface area contributed by atoms with Crippen molar-refractivity contribution in [1.29, 1.82) is 0 Å². The molecular weight excluding hydrogens is 280 g/mol. The molecule has 0 saturated carbocycles. The van der Waals surface area contributed by atoms with Crippen LogP contribution in [0.5, 0.6) is 0 Å². The Bertz CT molecular complexity index is 510. The number of likely N-dealkylation sites (N-methyl/N-ethyl adjacent to an activating group) is 1. The SMILES string of the molecule is CCc1onc(C)c1NC(=O)N1CCN(C)C[C@@H]1CC(C)C. The summed E-state index contributed by atoms with van der Waals surface area (Å²) in [6.45, 7) is 10.8. The standard InChI is InChI=1S/C16H28N4O2/c1-6-14-15(12(4)18-22-14)17-16(21)20-8-7-19(5)10-13(20)9-11(2)3/h11,13H,6-10H2,1-5H3,(H,17,21)/t13-/m0/s1. The Hall–Kier alpha value is -1.56. The Kier molecular flexibility index (Phi) is 5.45. The fourth-order valence-electron chi connectivity index (χ4n) is 3.02. The lowest BCUT2D eigenvalue weighted by Crippen LogP contribution is -2.55. The van der Waals surface area contributed by atoms with E-state index >= 15 is 0 Å². The van der Waals surface area contributed by atoms with Crippen molar-refractivity contribution in [2.45, 2.75) is 46.6 Å². The third-order valence-corrected chi connectivity index (χ3v) is 4.18. The zero-order chi connectivity index (χ0) is 16.3. The molecule has 1 saturated heterocycles. The van der Waals surface area contributed by atoms with Gasteiger partial charge in [0.1, 0.15) is 11.4 Å². The lowest BCUT2D eigenvalue weighted by molar-refractivity contribution is 0.105. The number of aromatic nitrogens is 1. The van der Waals surface area contributed by atoms with Gasteiger partial charge in [-0.05, 0) is 26.3 Å². The molecule has 0 aliphatic carbocycles. The van der Waals surface area contributed by atoms with Crippen LogP contribution in [0.3, 0.4) is 0 Å². The molecule has 0 bridgehead atoms. The van der Waals surface area contributed by atoms with E-state index in [0.717, 1.165) is 43.2 Å². The summed E-state index contributed by atoms with van der Waals surface area (Å²) in [5, 5.41) is 6.96. The third kappa shape index (κ3) is 3.80. The van der Waals surface area contributed by atoms with E-state index in [1.165, 1.54) is 0 Å². The molecule has 1 aromatic rings. The highest BCUT2D eigenvalue weighted by molar-refractivity contribution is 5.90. The van der Waals surface area contributed by atoms with Crippen molar-refractivity contribution in [3.05, 3.63) is 11.5 Å². The van der Waals surface area contributed by atoms with Crippen molar-refractivity contribution in [3.63, 3.8) is 0 Å². The number of aryl methyl sites for hydroxylation is 2. The first-order valence-corrected chi connectivity index (χ1v) is 8.13. The van der Waals surface area contributed by atoms with Crippen LogP contribution in [0.4, 0.5) is 10.5 Å². The molecule has 1 aliphatic heterocycles. The predicted octanol–water partition coefficient (Wildman–Crippen LogP) is 2.74. The Balaban J connectivity index is 2.10. The van der Waals surface area contributed by atoms with Crippen LogP contribution in [0.25, 0.3) is 0 Å². The van der Waals surface area contributed by atoms with E-state index in [1.54, 1.807) is 0 Å². The lowest BCUT2D eigenvalue weighted by Gasteiger charge is -2.40. The van der Waals surface area contributed by atoms with Gasteiger partial charge < -0.3 is 19.6 Å². The number of hydrogen-bond donors (Lipinski definition) is 1. The monoisotopic (exact) mass is 308 g/mol. The van der Waals surface area contributed by atoms with E-state index in [0.29, 0.717) is 12.3 Å². The van der Waals surface area contributed by atoms with Gasteiger partial charge in [-0.1, -0.05) is 25.9 Å². The normalized spacial score (nSPS) is 19.7. The average Bonchev–Trinajstić information content (AvgIpc) is 2.79. The highest BCUT2D eigenvalue weighted by Gasteiger charge is 2.30. The molecule has 0 unspecified atom stereocenters. The minimum atomic E-state index is -0.0419. The number of amides is 2. The lowest BCUT2D eigenvalue weighted by atomic mass is 10.0. The van der Waals surface area contributed by atoms with Gasteiger partial charge in [-0.25, -0.2) is 4.79 Å². The molecule has 1 fully saturated rings. The van der Waals surface area contributed by atoms with E-state index in [4.69, 9.17) is 4.52 Å². The van der Waals surface area contributed by atoms with Crippen LogP contribution >= 0.6 is 0 Å². The number of anilines is 1. The van der Waals surface area contributed by atoms with E-state index in [1.807, 2.05) is 18.7 Å². The quantitative estimate of drug-likeness (QED) is 0.929. The number of piperazine rings is 1. The summed E-state index contributed by atoms with van der Waals surface area (Å²) in [5.74, 6) is 1.30. The molecule has 1 aromatic heterocycles. The Morgan fingerprint density at radius 1 is 1.45 bits per heavy atom. The number of urea groups is 1. The van der Waals surface area contributed by atoms with Gasteiger partial charge in [-0.2, -0.15) is 0 Å². The number of carbonyl (C=O) groups excluding carboxylic acids is 1. The molecule has 1 aliphatic rings. The third-order valence-electron chi connectivity index (χ3n) is 4.18. The second kappa shape index (κ2) is 7.13. The molecule has 124 valence electrons. The molecule has 0 radical (unpaired) electrons. The summed E-state index contributed by atoms with van der Waals surface area (Å²) in [6.07, 6.45) is 1.73. The second-order valence-corrected chi connectivity index (χ2v) is 6.59. The average molecular weight is 308 g/mol. The van der Waals surface area contributed by atoms with Crippen LogP contribution in [0.2, 0.25) is 0 Å². The minimum absolute atomic E-state index is 0.0419. The first-order valence-electron chi connectivity index (χ1n) is 8.13. The Morgan fingerprint density at radius 2 is 2.18 bits per heavy atom. The fraction of sp³-hybridized carbons (Fsp3) is 0.750. The number of nitrogens with zero attached hydrogens (tertiary/aromatic N) is 3. The molecule has 1 N–H and O–H groups in total. The predicted molar refractivity (Wildman–Crippen MR) is 87.1 cm³/mol. The topological polar surface area (TPSA) is 61.6 Å². The van der Waals surface area contributed by atoms with Gasteiger partial charge in [0.05, 0.1) is 0 Å². The zero-order valence-corrected chi connectivity index (χ0v) is 14.3. The van der Waals surface area contributed by atoms with Gasteiger partial charge in [-0.15, -0.1) is 0 Å². The van der Waals surface area contributed by atoms with E-state index < -0.39 is 0 Å². The van der Waals surface area contributed by atoms with Gasteiger partial charge in [-0.3, -0.25) is 0 Å². The highest BCUT2D eigenvalue weighted by atomic mass is 16.5. The second-order valence-electron chi connectivity index (χ2n) is 6.59. The van der Waals surface area contributed by atoms with Crippen LogP contribution in [0.15, 0.2) is 4.52 Å². The molecule has 0 spiro atoms. The molecule has 6 heteroatoms. The molecule has 0 aromatic carbocycles. The summed E-state index contributed by atoms with van der Waals surface area (Å²) in [6, 6.07) is 0.212. The van der Waals surface area contributed by atoms with E-state index in [-0.39, 0.29) is 12.1 Å². The van der Waals surface area contributed by atoms with Gasteiger partial charge in [0.25, 0.3) is 0 Å². The molecule has 2 rings (SSSR count). The molecule has 2 heterocycles. The van der Waals surface area contributed by atoms with Gasteiger partial charge in [0.2, 0.25) is 0 Å². The molecule has 22 heavy (non-hydrogen) atoms. The van der Waals surface area contributed by atoms with Crippen molar-refractivity contribution in [2.75, 3.05) is 32.0 Å². The molecule has 6 nitrogen and oxygen atoms in total. The maximum absolute atomic E-state index is 12.7. The minimum Gasteiger partial charge on any atom is -0.359 e. The van der Waals surface area contributed by atoms with E-state index in [2.05, 4.69) is 36.3 Å². The summed E-state index contributed by atoms with van der Waals surface area (Å²) in [4.78, 5) is 17.0. The zero-order valence-electron chi connectivity index (χ0n) is 14.3. The Morgan fingerprint density at radius 3 is 2.82 bits per heavy atom. The Labute approximate surface area is 132 Å². The first-order chi connectivity index (χ1) is 10.4. The van der Waals surface area contributed by atoms with Crippen molar-refractivity contribution >= 4 is 11.7 Å². The van der Waals surface area contributed by atoms with Crippen LogP contribution in [-0.2, 0) is 6.42 Å². The van der Waals surface area contributed by atoms with Crippen LogP contribution < -0.4 is 5.32 Å². The van der Waals surface area contributed by atoms with Crippen molar-refractivity contribution < 1.29 is 9.32 Å². The highest BCUT2D eigenvalue weighted by Crippen LogP contribution is 2.23. The smallest absolute Gasteiger partial charge is 0.322 e. The van der Waals surface area contributed by atoms with Crippen LogP contribution in [-0.4, -0.2) is 53.7 Å². The van der Waals surface area contributed by atoms with Gasteiger partial charge >= 0.3 is 6.03 Å². The molecule has 2 amide bonds. The fourth-order valence-corrected chi connectivity index (χ4v) is 3.02. The van der Waals surface area contributed by atoms with Crippen LogP contribution in [0, 0.1) is 12.8 Å². The van der Waals surface area contributed by atoms with Crippen LogP contribution in [0.1, 0.15) is 38.6 Å². The maximum Gasteiger partial charge on any atom is 0.322 e. The van der Waals surface area contributed by atoms with Gasteiger partial charge in [0, 0.05) is 32.1 Å². The number of carbonyl (C=O) groups is 1. The molecule has 1 atom stereocenters. The first kappa shape index (κ1) is 16.8. The number of nitrogens with one attached hydrogen (secondary N) is 1. The molecular formula is C16H28N4O2. The van der Waals surface area contributed by atoms with Crippen molar-refractivity contribution in [3.8, 4) is 0 Å². The summed E-state index contributed by atoms with van der Waals surface area (Å²) < 4.78 is 5.25. The van der Waals surface area contributed by atoms with Crippen molar-refractivity contribution in [1.82, 2.24) is 15.0 Å². The maximum atomic E-state index is 12.7. The number of rotatable bonds is 4. The summed E-state index contributed by atoms with van der Waals surface area (Å²) >= 11 is 0. The van der Waals surface area contributed by atoms with E-state index in [9.17, 15) is 4.79 Å². The van der Waals surface area contributed by atoms with Crippen molar-refractivity contribution in [2.24, 2.45) is 5.92 Å². The largest absolute Gasteiger partial charge is 0.359 e. The summed E-state index contributed by atoms with van der Waals surface area (Å²) in [5.41, 5.74) is 1.47. The summed E-state index contributed by atoms with van der Waals surface area (Å²) in [7, 11) is 2.11. The number of hydrogen-bond acceptors (Lipinski definition) is 4. The van der Waals surface area contributed by atoms with Gasteiger partial charge in [0.15, 0.2) is 5.76 Å².